The van der Waals surface area contributed by atoms with Crippen LogP contribution in [0.25, 0.3) is 0 Å². The van der Waals surface area contributed by atoms with E-state index in [-0.39, 0.29) is 11.8 Å². The standard InChI is InChI=1S/C16H28N2O3/c1-11(2)18-8-7-12(10-18)9-17-15(19)13-5-3-4-6-14(13)16(20)21/h11-14H,3-10H2,1-2H3,(H,17,19)(H,20,21)/t12?,13-,14+/m1/s1. The van der Waals surface area contributed by atoms with Crippen LogP contribution in [0.5, 0.6) is 0 Å². The van der Waals surface area contributed by atoms with Gasteiger partial charge in [-0.3, -0.25) is 9.59 Å². The molecule has 2 rings (SSSR count). The van der Waals surface area contributed by atoms with Crippen LogP contribution in [0.2, 0.25) is 0 Å². The molecule has 1 amide bonds. The smallest absolute Gasteiger partial charge is 0.307 e. The average Bonchev–Trinajstić information content (AvgIpc) is 2.94. The van der Waals surface area contributed by atoms with Crippen molar-refractivity contribution in [2.45, 2.75) is 52.0 Å². The van der Waals surface area contributed by atoms with Gasteiger partial charge in [0.2, 0.25) is 5.91 Å². The number of hydrogen-bond acceptors (Lipinski definition) is 3. The van der Waals surface area contributed by atoms with E-state index in [0.717, 1.165) is 32.4 Å². The van der Waals surface area contributed by atoms with Crippen molar-refractivity contribution < 1.29 is 14.7 Å². The minimum Gasteiger partial charge on any atom is -0.481 e. The summed E-state index contributed by atoms with van der Waals surface area (Å²) in [6, 6.07) is 0.556. The molecule has 2 fully saturated rings. The van der Waals surface area contributed by atoms with Gasteiger partial charge in [0.15, 0.2) is 0 Å². The summed E-state index contributed by atoms with van der Waals surface area (Å²) < 4.78 is 0. The van der Waals surface area contributed by atoms with E-state index in [1.54, 1.807) is 0 Å². The molecule has 120 valence electrons. The zero-order valence-corrected chi connectivity index (χ0v) is 13.2. The second kappa shape index (κ2) is 7.25. The van der Waals surface area contributed by atoms with Crippen LogP contribution < -0.4 is 5.32 Å². The van der Waals surface area contributed by atoms with Crippen LogP contribution in [0.15, 0.2) is 0 Å². The lowest BCUT2D eigenvalue weighted by Crippen LogP contribution is -2.41. The number of likely N-dealkylation sites (tertiary alicyclic amines) is 1. The molecular weight excluding hydrogens is 268 g/mol. The Hall–Kier alpha value is -1.10. The predicted octanol–water partition coefficient (Wildman–Crippen LogP) is 1.72. The lowest BCUT2D eigenvalue weighted by Gasteiger charge is -2.28. The number of rotatable bonds is 5. The number of nitrogens with zero attached hydrogens (tertiary/aromatic N) is 1. The number of carboxylic acids is 1. The number of carbonyl (C=O) groups excluding carboxylic acids is 1. The fourth-order valence-corrected chi connectivity index (χ4v) is 3.61. The van der Waals surface area contributed by atoms with Crippen LogP contribution >= 0.6 is 0 Å². The fraction of sp³-hybridized carbons (Fsp3) is 0.875. The number of hydrogen-bond donors (Lipinski definition) is 2. The Labute approximate surface area is 127 Å². The monoisotopic (exact) mass is 296 g/mol. The van der Waals surface area contributed by atoms with Gasteiger partial charge in [0.1, 0.15) is 0 Å². The molecule has 1 saturated carbocycles. The molecule has 1 saturated heterocycles. The molecule has 1 unspecified atom stereocenters. The topological polar surface area (TPSA) is 69.6 Å². The first-order valence-corrected chi connectivity index (χ1v) is 8.23. The van der Waals surface area contributed by atoms with Crippen LogP contribution in [-0.4, -0.2) is 47.6 Å². The quantitative estimate of drug-likeness (QED) is 0.810. The minimum absolute atomic E-state index is 0.0508. The van der Waals surface area contributed by atoms with Crippen LogP contribution in [-0.2, 0) is 9.59 Å². The Morgan fingerprint density at radius 3 is 2.43 bits per heavy atom. The SMILES string of the molecule is CC(C)N1CCC(CNC(=O)[C@@H]2CCCC[C@@H]2C(=O)O)C1. The molecule has 2 N–H and O–H groups in total. The highest BCUT2D eigenvalue weighted by molar-refractivity contribution is 5.84. The third-order valence-electron chi connectivity index (χ3n) is 5.03. The van der Waals surface area contributed by atoms with E-state index in [2.05, 4.69) is 24.1 Å². The van der Waals surface area contributed by atoms with Crippen molar-refractivity contribution in [2.24, 2.45) is 17.8 Å². The maximum atomic E-state index is 12.3. The molecular formula is C16H28N2O3. The van der Waals surface area contributed by atoms with Gasteiger partial charge in [-0.1, -0.05) is 12.8 Å². The second-order valence-corrected chi connectivity index (χ2v) is 6.82. The van der Waals surface area contributed by atoms with Crippen molar-refractivity contribution in [1.82, 2.24) is 10.2 Å². The van der Waals surface area contributed by atoms with Gasteiger partial charge in [-0.25, -0.2) is 0 Å². The minimum atomic E-state index is -0.818. The van der Waals surface area contributed by atoms with E-state index in [1.165, 1.54) is 0 Å². The molecule has 1 aliphatic heterocycles. The highest BCUT2D eigenvalue weighted by Crippen LogP contribution is 2.30. The van der Waals surface area contributed by atoms with Crippen molar-refractivity contribution in [3.05, 3.63) is 0 Å². The van der Waals surface area contributed by atoms with Gasteiger partial charge >= 0.3 is 5.97 Å². The molecule has 0 aromatic heterocycles. The summed E-state index contributed by atoms with van der Waals surface area (Å²) >= 11 is 0. The summed E-state index contributed by atoms with van der Waals surface area (Å²) in [5.41, 5.74) is 0. The van der Waals surface area contributed by atoms with Gasteiger partial charge < -0.3 is 15.3 Å². The van der Waals surface area contributed by atoms with E-state index < -0.39 is 11.9 Å². The fourth-order valence-electron chi connectivity index (χ4n) is 3.61. The molecule has 0 radical (unpaired) electrons. The summed E-state index contributed by atoms with van der Waals surface area (Å²) in [4.78, 5) is 26.0. The van der Waals surface area contributed by atoms with Crippen molar-refractivity contribution in [3.8, 4) is 0 Å². The van der Waals surface area contributed by atoms with Crippen molar-refractivity contribution in [1.29, 1.82) is 0 Å². The Bertz CT molecular complexity index is 384. The molecule has 3 atom stereocenters. The van der Waals surface area contributed by atoms with Gasteiger partial charge in [0.05, 0.1) is 11.8 Å². The zero-order chi connectivity index (χ0) is 15.4. The molecule has 5 heteroatoms. The Balaban J connectivity index is 1.80. The van der Waals surface area contributed by atoms with E-state index >= 15 is 0 Å². The van der Waals surface area contributed by atoms with Gasteiger partial charge in [-0.05, 0) is 45.6 Å². The molecule has 5 nitrogen and oxygen atoms in total. The number of carboxylic acid groups (broad SMARTS) is 1. The van der Waals surface area contributed by atoms with Gasteiger partial charge in [-0.15, -0.1) is 0 Å². The lowest BCUT2D eigenvalue weighted by atomic mass is 9.78. The first-order chi connectivity index (χ1) is 9.99. The van der Waals surface area contributed by atoms with Crippen molar-refractivity contribution in [3.63, 3.8) is 0 Å². The van der Waals surface area contributed by atoms with Crippen LogP contribution in [0.1, 0.15) is 46.0 Å². The maximum Gasteiger partial charge on any atom is 0.307 e. The second-order valence-electron chi connectivity index (χ2n) is 6.82. The summed E-state index contributed by atoms with van der Waals surface area (Å²) in [6.45, 7) is 7.20. The van der Waals surface area contributed by atoms with E-state index in [4.69, 9.17) is 0 Å². The maximum absolute atomic E-state index is 12.3. The normalized spacial score (nSPS) is 30.5. The van der Waals surface area contributed by atoms with Crippen LogP contribution in [0.3, 0.4) is 0 Å². The number of aliphatic carboxylic acids is 1. The number of amides is 1. The molecule has 0 bridgehead atoms. The first kappa shape index (κ1) is 16.3. The molecule has 0 aromatic rings. The molecule has 0 aromatic carbocycles. The highest BCUT2D eigenvalue weighted by atomic mass is 16.4. The molecule has 1 aliphatic carbocycles. The van der Waals surface area contributed by atoms with Gasteiger partial charge in [-0.2, -0.15) is 0 Å². The third-order valence-corrected chi connectivity index (χ3v) is 5.03. The molecule has 1 heterocycles. The van der Waals surface area contributed by atoms with Crippen LogP contribution in [0.4, 0.5) is 0 Å². The Morgan fingerprint density at radius 1 is 1.19 bits per heavy atom. The van der Waals surface area contributed by atoms with Gasteiger partial charge in [0, 0.05) is 19.1 Å². The average molecular weight is 296 g/mol. The first-order valence-electron chi connectivity index (χ1n) is 8.23. The number of nitrogens with one attached hydrogen (secondary N) is 1. The van der Waals surface area contributed by atoms with E-state index in [9.17, 15) is 14.7 Å². The third kappa shape index (κ3) is 4.19. The van der Waals surface area contributed by atoms with Crippen molar-refractivity contribution in [2.75, 3.05) is 19.6 Å². The van der Waals surface area contributed by atoms with Gasteiger partial charge in [0.25, 0.3) is 0 Å². The lowest BCUT2D eigenvalue weighted by molar-refractivity contribution is -0.148. The number of carbonyl (C=O) groups is 2. The Morgan fingerprint density at radius 2 is 1.86 bits per heavy atom. The largest absolute Gasteiger partial charge is 0.481 e. The van der Waals surface area contributed by atoms with E-state index in [1.807, 2.05) is 0 Å². The Kier molecular flexibility index (Phi) is 5.62. The summed E-state index contributed by atoms with van der Waals surface area (Å²) in [7, 11) is 0. The van der Waals surface area contributed by atoms with Crippen molar-refractivity contribution >= 4 is 11.9 Å². The predicted molar refractivity (Wildman–Crippen MR) is 80.9 cm³/mol. The summed E-state index contributed by atoms with van der Waals surface area (Å²) in [6.07, 6.45) is 4.36. The molecule has 0 spiro atoms. The van der Waals surface area contributed by atoms with Crippen LogP contribution in [0, 0.1) is 17.8 Å². The highest BCUT2D eigenvalue weighted by Gasteiger charge is 2.36. The van der Waals surface area contributed by atoms with E-state index in [0.29, 0.717) is 31.3 Å². The summed E-state index contributed by atoms with van der Waals surface area (Å²) in [5.74, 6) is -1.19. The zero-order valence-electron chi connectivity index (χ0n) is 13.2. The molecule has 2 aliphatic rings. The molecule has 21 heavy (non-hydrogen) atoms. The summed E-state index contributed by atoms with van der Waals surface area (Å²) in [5, 5.41) is 12.3.